The van der Waals surface area contributed by atoms with Crippen molar-refractivity contribution in [1.29, 1.82) is 0 Å². The van der Waals surface area contributed by atoms with Crippen molar-refractivity contribution in [2.45, 2.75) is 130 Å². The maximum Gasteiger partial charge on any atom is 0.315 e. The van der Waals surface area contributed by atoms with E-state index in [0.717, 1.165) is 46.2 Å². The third kappa shape index (κ3) is 11.9. The Balaban J connectivity index is 1.76. The molecule has 2 aromatic carbocycles. The van der Waals surface area contributed by atoms with Crippen LogP contribution in [-0.4, -0.2) is 46.9 Å². The Hall–Kier alpha value is -2.67. The number of esters is 2. The number of phenols is 2. The molecule has 0 amide bonds. The van der Waals surface area contributed by atoms with Crippen molar-refractivity contribution in [3.05, 3.63) is 57.6 Å². The first-order valence-corrected chi connectivity index (χ1v) is 17.3. The van der Waals surface area contributed by atoms with E-state index in [1.165, 1.54) is 11.8 Å². The van der Waals surface area contributed by atoms with Crippen molar-refractivity contribution in [1.82, 2.24) is 0 Å². The van der Waals surface area contributed by atoms with E-state index in [1.54, 1.807) is 0 Å². The molecule has 0 aliphatic heterocycles. The number of ether oxygens (including phenoxy) is 2. The number of carbonyl (C=O) groups excluding carboxylic acids is 2. The van der Waals surface area contributed by atoms with Crippen LogP contribution >= 0.6 is 11.8 Å². The van der Waals surface area contributed by atoms with Crippen molar-refractivity contribution < 1.29 is 29.3 Å². The number of carbonyl (C=O) groups is 2. The zero-order valence-corrected chi connectivity index (χ0v) is 30.7. The van der Waals surface area contributed by atoms with E-state index in [0.29, 0.717) is 37.6 Å². The SMILES string of the molecule is CC(C)(C)c1cc(CCCOC(=O)CSCC(=O)OCCCc2cc(C(C)(C)C)c(O)c(C(C)(C)C)c2)cc(C(C)(C)C)c1O. The average molecular weight is 643 g/mol. The molecule has 0 aliphatic rings. The van der Waals surface area contributed by atoms with Gasteiger partial charge in [0.15, 0.2) is 0 Å². The van der Waals surface area contributed by atoms with Gasteiger partial charge in [0.1, 0.15) is 11.5 Å². The van der Waals surface area contributed by atoms with E-state index in [4.69, 9.17) is 9.47 Å². The molecule has 0 aliphatic carbocycles. The Morgan fingerprint density at radius 2 is 0.822 bits per heavy atom. The van der Waals surface area contributed by atoms with Gasteiger partial charge in [-0.3, -0.25) is 9.59 Å². The summed E-state index contributed by atoms with van der Waals surface area (Å²) in [6.45, 7) is 25.7. The summed E-state index contributed by atoms with van der Waals surface area (Å²) in [5.41, 5.74) is 5.17. The predicted molar refractivity (Wildman–Crippen MR) is 187 cm³/mol. The van der Waals surface area contributed by atoms with E-state index >= 15 is 0 Å². The van der Waals surface area contributed by atoms with Gasteiger partial charge in [-0.2, -0.15) is 0 Å². The minimum Gasteiger partial charge on any atom is -0.507 e. The van der Waals surface area contributed by atoms with E-state index in [-0.39, 0.29) is 45.1 Å². The first-order valence-electron chi connectivity index (χ1n) is 16.1. The fourth-order valence-corrected chi connectivity index (χ4v) is 5.79. The zero-order valence-electron chi connectivity index (χ0n) is 29.9. The molecule has 252 valence electrons. The van der Waals surface area contributed by atoms with Crippen LogP contribution in [-0.2, 0) is 53.6 Å². The second-order valence-electron chi connectivity index (χ2n) is 16.2. The summed E-state index contributed by atoms with van der Waals surface area (Å²) >= 11 is 1.20. The van der Waals surface area contributed by atoms with Crippen LogP contribution in [0.5, 0.6) is 11.5 Å². The molecule has 2 rings (SSSR count). The first-order chi connectivity index (χ1) is 20.5. The molecule has 2 N–H and O–H groups in total. The number of rotatable bonds is 12. The average Bonchev–Trinajstić information content (AvgIpc) is 2.87. The Bertz CT molecular complexity index is 1140. The predicted octanol–water partition coefficient (Wildman–Crippen LogP) is 8.67. The molecule has 6 nitrogen and oxygen atoms in total. The Kier molecular flexibility index (Phi) is 13.1. The zero-order chi connectivity index (χ0) is 34.4. The summed E-state index contributed by atoms with van der Waals surface area (Å²) in [6.07, 6.45) is 2.81. The van der Waals surface area contributed by atoms with Crippen LogP contribution in [0.25, 0.3) is 0 Å². The van der Waals surface area contributed by atoms with Crippen molar-refractivity contribution in [3.8, 4) is 11.5 Å². The molecule has 0 heterocycles. The second-order valence-corrected chi connectivity index (χ2v) is 17.2. The van der Waals surface area contributed by atoms with Crippen LogP contribution in [0.15, 0.2) is 24.3 Å². The van der Waals surface area contributed by atoms with Gasteiger partial charge >= 0.3 is 11.9 Å². The summed E-state index contributed by atoms with van der Waals surface area (Å²) in [6, 6.07) is 8.24. The fourth-order valence-electron chi connectivity index (χ4n) is 5.19. The van der Waals surface area contributed by atoms with Gasteiger partial charge in [-0.15, -0.1) is 11.8 Å². The minimum absolute atomic E-state index is 0.0926. The molecule has 0 saturated carbocycles. The molecule has 2 aromatic rings. The van der Waals surface area contributed by atoms with E-state index in [1.807, 2.05) is 0 Å². The van der Waals surface area contributed by atoms with Crippen molar-refractivity contribution in [3.63, 3.8) is 0 Å². The van der Waals surface area contributed by atoms with Crippen molar-refractivity contribution >= 4 is 23.7 Å². The Labute approximate surface area is 276 Å². The van der Waals surface area contributed by atoms with Crippen LogP contribution < -0.4 is 0 Å². The topological polar surface area (TPSA) is 93.1 Å². The van der Waals surface area contributed by atoms with Crippen LogP contribution in [0.2, 0.25) is 0 Å². The normalized spacial score (nSPS) is 12.7. The number of thioether (sulfide) groups is 1. The van der Waals surface area contributed by atoms with Gasteiger partial charge in [-0.05, 0) is 80.7 Å². The molecular weight excluding hydrogens is 584 g/mol. The first kappa shape index (κ1) is 38.5. The molecule has 0 atom stereocenters. The van der Waals surface area contributed by atoms with Gasteiger partial charge in [0, 0.05) is 0 Å². The maximum absolute atomic E-state index is 12.2. The lowest BCUT2D eigenvalue weighted by atomic mass is 9.78. The van der Waals surface area contributed by atoms with Gasteiger partial charge in [0.25, 0.3) is 0 Å². The van der Waals surface area contributed by atoms with Crippen molar-refractivity contribution in [2.75, 3.05) is 24.7 Å². The van der Waals surface area contributed by atoms with Crippen LogP contribution in [0.3, 0.4) is 0 Å². The highest BCUT2D eigenvalue weighted by Gasteiger charge is 2.28. The molecule has 0 unspecified atom stereocenters. The molecule has 0 radical (unpaired) electrons. The van der Waals surface area contributed by atoms with Gasteiger partial charge in [-0.25, -0.2) is 0 Å². The summed E-state index contributed by atoms with van der Waals surface area (Å²) in [4.78, 5) is 24.5. The molecular formula is C38H58O6S. The third-order valence-electron chi connectivity index (χ3n) is 7.76. The molecule has 7 heteroatoms. The van der Waals surface area contributed by atoms with Gasteiger partial charge < -0.3 is 19.7 Å². The number of phenolic OH excluding ortho intramolecular Hbond substituents is 2. The lowest BCUT2D eigenvalue weighted by Crippen LogP contribution is -2.18. The monoisotopic (exact) mass is 642 g/mol. The largest absolute Gasteiger partial charge is 0.507 e. The standard InChI is InChI=1S/C38H58O6S/c1-35(2,3)27-19-25(20-28(33(27)41)36(4,5)6)15-13-17-43-31(39)23-45-24-32(40)44-18-14-16-26-21-29(37(7,8)9)34(42)30(22-26)38(10,11)12/h19-22,41-42H,13-18,23-24H2,1-12H3. The number of hydrogen-bond donors (Lipinski definition) is 2. The van der Waals surface area contributed by atoms with Crippen LogP contribution in [0, 0.1) is 0 Å². The van der Waals surface area contributed by atoms with Crippen LogP contribution in [0.4, 0.5) is 0 Å². The Morgan fingerprint density at radius 3 is 1.07 bits per heavy atom. The van der Waals surface area contributed by atoms with E-state index < -0.39 is 0 Å². The highest BCUT2D eigenvalue weighted by molar-refractivity contribution is 8.00. The molecule has 0 spiro atoms. The van der Waals surface area contributed by atoms with E-state index in [9.17, 15) is 19.8 Å². The third-order valence-corrected chi connectivity index (χ3v) is 8.64. The number of hydrogen-bond acceptors (Lipinski definition) is 7. The van der Waals surface area contributed by atoms with Gasteiger partial charge in [0.2, 0.25) is 0 Å². The second kappa shape index (κ2) is 15.3. The lowest BCUT2D eigenvalue weighted by Gasteiger charge is -2.28. The summed E-state index contributed by atoms with van der Waals surface area (Å²) in [5.74, 6) is 0.219. The molecule has 0 aromatic heterocycles. The van der Waals surface area contributed by atoms with Crippen LogP contribution in [0.1, 0.15) is 129 Å². The van der Waals surface area contributed by atoms with Crippen molar-refractivity contribution in [2.24, 2.45) is 0 Å². The smallest absolute Gasteiger partial charge is 0.315 e. The summed E-state index contributed by atoms with van der Waals surface area (Å²) in [7, 11) is 0. The quantitative estimate of drug-likeness (QED) is 0.177. The maximum atomic E-state index is 12.2. The summed E-state index contributed by atoms with van der Waals surface area (Å²) in [5, 5.41) is 21.8. The number of benzene rings is 2. The number of aromatic hydroxyl groups is 2. The molecule has 0 bridgehead atoms. The number of aryl methyl sites for hydroxylation is 2. The fraction of sp³-hybridized carbons (Fsp3) is 0.632. The molecule has 0 saturated heterocycles. The minimum atomic E-state index is -0.346. The van der Waals surface area contributed by atoms with E-state index in [2.05, 4.69) is 107 Å². The van der Waals surface area contributed by atoms with Gasteiger partial charge in [-0.1, -0.05) is 107 Å². The Morgan fingerprint density at radius 1 is 0.556 bits per heavy atom. The summed E-state index contributed by atoms with van der Waals surface area (Å²) < 4.78 is 10.8. The molecule has 0 fully saturated rings. The molecule has 45 heavy (non-hydrogen) atoms. The highest BCUT2D eigenvalue weighted by Crippen LogP contribution is 2.41. The van der Waals surface area contributed by atoms with Gasteiger partial charge in [0.05, 0.1) is 24.7 Å². The highest BCUT2D eigenvalue weighted by atomic mass is 32.2. The lowest BCUT2D eigenvalue weighted by molar-refractivity contribution is -0.140.